The summed E-state index contributed by atoms with van der Waals surface area (Å²) in [6.45, 7) is 4.04. The second-order valence-electron chi connectivity index (χ2n) is 4.08. The van der Waals surface area contributed by atoms with Gasteiger partial charge in [0, 0.05) is 0 Å². The zero-order valence-corrected chi connectivity index (χ0v) is 9.84. The van der Waals surface area contributed by atoms with E-state index in [0.29, 0.717) is 0 Å². The molecule has 0 saturated carbocycles. The molecule has 0 amide bonds. The van der Waals surface area contributed by atoms with Crippen LogP contribution in [0.4, 0.5) is 0 Å². The highest BCUT2D eigenvalue weighted by atomic mass is 16.3. The van der Waals surface area contributed by atoms with Crippen LogP contribution in [0.5, 0.6) is 0 Å². The first-order chi connectivity index (χ1) is 6.77. The van der Waals surface area contributed by atoms with E-state index in [1.165, 1.54) is 44.9 Å². The van der Waals surface area contributed by atoms with Gasteiger partial charge in [0.1, 0.15) is 0 Å². The molecule has 1 heteroatoms. The molecule has 0 aromatic carbocycles. The number of rotatable bonds is 9. The maximum Gasteiger partial charge on any atom is 0.0692 e. The molecule has 0 bridgehead atoms. The first kappa shape index (κ1) is 13.7. The van der Waals surface area contributed by atoms with Crippen molar-refractivity contribution in [1.29, 1.82) is 0 Å². The van der Waals surface area contributed by atoms with Crippen LogP contribution in [0.25, 0.3) is 0 Å². The molecule has 0 aromatic heterocycles. The molecule has 1 N–H and O–H groups in total. The largest absolute Gasteiger partial charge is 0.389 e. The van der Waals surface area contributed by atoms with Crippen molar-refractivity contribution < 1.29 is 5.11 Å². The standard InChI is InChI=1S/C13H26O/c1-3-4-5-6-7-8-9-10-11-12-13(2)14/h11-14H,3-10H2,1-2H3/b12-11+. The minimum atomic E-state index is -0.278. The minimum absolute atomic E-state index is 0.278. The highest BCUT2D eigenvalue weighted by Crippen LogP contribution is 2.08. The number of unbranched alkanes of at least 4 members (excludes halogenated alkanes) is 7. The van der Waals surface area contributed by atoms with E-state index in [0.717, 1.165) is 6.42 Å². The molecule has 0 aliphatic rings. The van der Waals surface area contributed by atoms with E-state index in [4.69, 9.17) is 5.11 Å². The molecular weight excluding hydrogens is 172 g/mol. The van der Waals surface area contributed by atoms with E-state index >= 15 is 0 Å². The molecule has 1 nitrogen and oxygen atoms in total. The lowest BCUT2D eigenvalue weighted by Crippen LogP contribution is -1.91. The van der Waals surface area contributed by atoms with Gasteiger partial charge in [0.25, 0.3) is 0 Å². The van der Waals surface area contributed by atoms with Crippen molar-refractivity contribution in [1.82, 2.24) is 0 Å². The fourth-order valence-corrected chi connectivity index (χ4v) is 1.51. The van der Waals surface area contributed by atoms with E-state index in [-0.39, 0.29) is 6.10 Å². The topological polar surface area (TPSA) is 20.2 Å². The molecule has 0 aromatic rings. The van der Waals surface area contributed by atoms with Crippen molar-refractivity contribution in [2.24, 2.45) is 0 Å². The zero-order chi connectivity index (χ0) is 10.6. The van der Waals surface area contributed by atoms with Crippen LogP contribution in [0.3, 0.4) is 0 Å². The summed E-state index contributed by atoms with van der Waals surface area (Å²) >= 11 is 0. The lowest BCUT2D eigenvalue weighted by Gasteiger charge is -1.99. The van der Waals surface area contributed by atoms with Crippen LogP contribution in [0.2, 0.25) is 0 Å². The van der Waals surface area contributed by atoms with Crippen LogP contribution in [0, 0.1) is 0 Å². The summed E-state index contributed by atoms with van der Waals surface area (Å²) in [5, 5.41) is 8.97. The number of aliphatic hydroxyl groups is 1. The van der Waals surface area contributed by atoms with Crippen molar-refractivity contribution in [2.45, 2.75) is 71.3 Å². The first-order valence-corrected chi connectivity index (χ1v) is 6.12. The summed E-state index contributed by atoms with van der Waals surface area (Å²) in [4.78, 5) is 0. The summed E-state index contributed by atoms with van der Waals surface area (Å²) in [5.41, 5.74) is 0. The van der Waals surface area contributed by atoms with Gasteiger partial charge in [-0.25, -0.2) is 0 Å². The third-order valence-corrected chi connectivity index (χ3v) is 2.39. The van der Waals surface area contributed by atoms with E-state index < -0.39 is 0 Å². The molecule has 1 atom stereocenters. The second-order valence-corrected chi connectivity index (χ2v) is 4.08. The van der Waals surface area contributed by atoms with Crippen LogP contribution in [0.15, 0.2) is 12.2 Å². The lowest BCUT2D eigenvalue weighted by atomic mass is 10.1. The minimum Gasteiger partial charge on any atom is -0.389 e. The molecule has 0 aliphatic heterocycles. The Kier molecular flexibility index (Phi) is 10.5. The van der Waals surface area contributed by atoms with Gasteiger partial charge in [-0.2, -0.15) is 0 Å². The lowest BCUT2D eigenvalue weighted by molar-refractivity contribution is 0.244. The van der Waals surface area contributed by atoms with Gasteiger partial charge in [-0.05, 0) is 19.8 Å². The molecule has 0 fully saturated rings. The number of hydrogen-bond acceptors (Lipinski definition) is 1. The zero-order valence-electron chi connectivity index (χ0n) is 9.84. The van der Waals surface area contributed by atoms with Crippen LogP contribution < -0.4 is 0 Å². The van der Waals surface area contributed by atoms with Crippen molar-refractivity contribution in [3.05, 3.63) is 12.2 Å². The molecule has 0 heterocycles. The Morgan fingerprint density at radius 2 is 1.57 bits per heavy atom. The first-order valence-electron chi connectivity index (χ1n) is 6.12. The summed E-state index contributed by atoms with van der Waals surface area (Å²) in [6.07, 6.45) is 14.3. The normalized spacial score (nSPS) is 13.6. The van der Waals surface area contributed by atoms with Crippen LogP contribution in [0.1, 0.15) is 65.2 Å². The number of hydrogen-bond donors (Lipinski definition) is 1. The number of allylic oxidation sites excluding steroid dienone is 1. The Morgan fingerprint density at radius 3 is 2.14 bits per heavy atom. The van der Waals surface area contributed by atoms with Crippen LogP contribution >= 0.6 is 0 Å². The highest BCUT2D eigenvalue weighted by molar-refractivity contribution is 4.85. The monoisotopic (exact) mass is 198 g/mol. The van der Waals surface area contributed by atoms with Gasteiger partial charge in [-0.1, -0.05) is 57.6 Å². The average molecular weight is 198 g/mol. The van der Waals surface area contributed by atoms with Crippen molar-refractivity contribution >= 4 is 0 Å². The summed E-state index contributed by atoms with van der Waals surface area (Å²) in [7, 11) is 0. The molecule has 0 saturated heterocycles. The maximum atomic E-state index is 8.97. The van der Waals surface area contributed by atoms with Crippen molar-refractivity contribution in [3.8, 4) is 0 Å². The quantitative estimate of drug-likeness (QED) is 0.437. The predicted octanol–water partition coefficient (Wildman–Crippen LogP) is 4.06. The second kappa shape index (κ2) is 10.8. The van der Waals surface area contributed by atoms with E-state index in [1.807, 2.05) is 6.08 Å². The van der Waals surface area contributed by atoms with Gasteiger partial charge in [-0.15, -0.1) is 0 Å². The third kappa shape index (κ3) is 11.7. The van der Waals surface area contributed by atoms with Gasteiger partial charge >= 0.3 is 0 Å². The molecule has 84 valence electrons. The van der Waals surface area contributed by atoms with Crippen molar-refractivity contribution in [2.75, 3.05) is 0 Å². The molecule has 0 rings (SSSR count). The predicted molar refractivity (Wildman–Crippen MR) is 63.4 cm³/mol. The maximum absolute atomic E-state index is 8.97. The Labute approximate surface area is 89.2 Å². The summed E-state index contributed by atoms with van der Waals surface area (Å²) in [6, 6.07) is 0. The average Bonchev–Trinajstić information content (AvgIpc) is 2.15. The van der Waals surface area contributed by atoms with Crippen LogP contribution in [-0.4, -0.2) is 11.2 Å². The van der Waals surface area contributed by atoms with E-state index in [2.05, 4.69) is 13.0 Å². The smallest absolute Gasteiger partial charge is 0.0692 e. The molecular formula is C13H26O. The molecule has 0 radical (unpaired) electrons. The number of aliphatic hydroxyl groups excluding tert-OH is 1. The van der Waals surface area contributed by atoms with Gasteiger partial charge in [-0.3, -0.25) is 0 Å². The Bertz CT molecular complexity index is 127. The van der Waals surface area contributed by atoms with Gasteiger partial charge in [0.05, 0.1) is 6.10 Å². The SMILES string of the molecule is CCCCCCCCC/C=C/C(C)O. The molecule has 0 spiro atoms. The van der Waals surface area contributed by atoms with Crippen molar-refractivity contribution in [3.63, 3.8) is 0 Å². The van der Waals surface area contributed by atoms with E-state index in [1.54, 1.807) is 6.92 Å². The van der Waals surface area contributed by atoms with Gasteiger partial charge < -0.3 is 5.11 Å². The Morgan fingerprint density at radius 1 is 1.00 bits per heavy atom. The molecule has 0 aliphatic carbocycles. The Balaban J connectivity index is 2.99. The van der Waals surface area contributed by atoms with Gasteiger partial charge in [0.15, 0.2) is 0 Å². The highest BCUT2D eigenvalue weighted by Gasteiger charge is 1.89. The third-order valence-electron chi connectivity index (χ3n) is 2.39. The summed E-state index contributed by atoms with van der Waals surface area (Å²) in [5.74, 6) is 0. The molecule has 1 unspecified atom stereocenters. The summed E-state index contributed by atoms with van der Waals surface area (Å²) < 4.78 is 0. The molecule has 14 heavy (non-hydrogen) atoms. The van der Waals surface area contributed by atoms with Gasteiger partial charge in [0.2, 0.25) is 0 Å². The van der Waals surface area contributed by atoms with E-state index in [9.17, 15) is 0 Å². The fraction of sp³-hybridized carbons (Fsp3) is 0.846. The fourth-order valence-electron chi connectivity index (χ4n) is 1.51. The Hall–Kier alpha value is -0.300. The van der Waals surface area contributed by atoms with Crippen LogP contribution in [-0.2, 0) is 0 Å².